The van der Waals surface area contributed by atoms with E-state index in [4.69, 9.17) is 0 Å². The molecule has 2 N–H and O–H groups in total. The molecule has 0 saturated carbocycles. The number of hydrogen-bond donors (Lipinski definition) is 2. The molecular formula is C16H18F3N5. The molecule has 0 amide bonds. The van der Waals surface area contributed by atoms with Gasteiger partial charge in [0.05, 0.1) is 5.56 Å². The van der Waals surface area contributed by atoms with Crippen LogP contribution in [0.5, 0.6) is 0 Å². The molecule has 1 aliphatic rings. The fourth-order valence-electron chi connectivity index (χ4n) is 2.69. The molecule has 5 nitrogen and oxygen atoms in total. The third-order valence-electron chi connectivity index (χ3n) is 3.92. The summed E-state index contributed by atoms with van der Waals surface area (Å²) < 4.78 is 40.5. The number of aromatic nitrogens is 2. The Balaban J connectivity index is 1.94. The van der Waals surface area contributed by atoms with Gasteiger partial charge < -0.3 is 15.5 Å². The Morgan fingerprint density at radius 3 is 2.62 bits per heavy atom. The van der Waals surface area contributed by atoms with Crippen molar-refractivity contribution in [3.8, 4) is 0 Å². The number of nitrogens with zero attached hydrogens (tertiary/aromatic N) is 3. The Morgan fingerprint density at radius 1 is 1.21 bits per heavy atom. The minimum Gasteiger partial charge on any atom is -0.368 e. The zero-order valence-corrected chi connectivity index (χ0v) is 13.2. The highest BCUT2D eigenvalue weighted by Gasteiger charge is 2.35. The number of hydrogen-bond acceptors (Lipinski definition) is 5. The van der Waals surface area contributed by atoms with Crippen molar-refractivity contribution in [2.75, 3.05) is 36.4 Å². The number of halogens is 3. The van der Waals surface area contributed by atoms with Gasteiger partial charge in [0.15, 0.2) is 0 Å². The first kappa shape index (κ1) is 16.5. The highest BCUT2D eigenvalue weighted by atomic mass is 19.4. The average molecular weight is 337 g/mol. The Morgan fingerprint density at radius 2 is 1.96 bits per heavy atom. The Labute approximate surface area is 137 Å². The van der Waals surface area contributed by atoms with Gasteiger partial charge in [-0.2, -0.15) is 13.2 Å². The van der Waals surface area contributed by atoms with E-state index in [-0.39, 0.29) is 5.69 Å². The molecule has 3 rings (SSSR count). The maximum Gasteiger partial charge on any atom is 0.418 e. The first-order chi connectivity index (χ1) is 11.4. The molecule has 1 saturated heterocycles. The molecule has 0 radical (unpaired) electrons. The Bertz CT molecular complexity index is 711. The third kappa shape index (κ3) is 3.59. The molecule has 128 valence electrons. The Kier molecular flexibility index (Phi) is 4.57. The number of aryl methyl sites for hydroxylation is 1. The number of anilines is 3. The lowest BCUT2D eigenvalue weighted by molar-refractivity contribution is -0.137. The van der Waals surface area contributed by atoms with Gasteiger partial charge in [0.1, 0.15) is 12.1 Å². The van der Waals surface area contributed by atoms with E-state index in [1.165, 1.54) is 12.4 Å². The molecule has 1 aromatic carbocycles. The minimum atomic E-state index is -4.42. The highest BCUT2D eigenvalue weighted by molar-refractivity contribution is 5.66. The second kappa shape index (κ2) is 6.64. The fourth-order valence-corrected chi connectivity index (χ4v) is 2.69. The maximum atomic E-state index is 13.5. The number of rotatable bonds is 3. The van der Waals surface area contributed by atoms with Crippen molar-refractivity contribution in [3.05, 3.63) is 41.9 Å². The van der Waals surface area contributed by atoms with Crippen LogP contribution in [0, 0.1) is 6.92 Å². The van der Waals surface area contributed by atoms with Gasteiger partial charge in [-0.15, -0.1) is 0 Å². The summed E-state index contributed by atoms with van der Waals surface area (Å²) in [5, 5.41) is 6.08. The van der Waals surface area contributed by atoms with Crippen LogP contribution in [0.25, 0.3) is 0 Å². The molecule has 1 aromatic heterocycles. The molecule has 0 atom stereocenters. The average Bonchev–Trinajstić information content (AvgIpc) is 2.57. The van der Waals surface area contributed by atoms with Gasteiger partial charge >= 0.3 is 6.18 Å². The molecule has 0 aliphatic carbocycles. The van der Waals surface area contributed by atoms with Crippen molar-refractivity contribution in [1.82, 2.24) is 15.3 Å². The van der Waals surface area contributed by atoms with E-state index < -0.39 is 11.7 Å². The van der Waals surface area contributed by atoms with E-state index in [0.717, 1.165) is 11.6 Å². The van der Waals surface area contributed by atoms with Crippen molar-refractivity contribution in [2.24, 2.45) is 0 Å². The summed E-state index contributed by atoms with van der Waals surface area (Å²) in [6.45, 7) is 4.26. The lowest BCUT2D eigenvalue weighted by Gasteiger charge is -2.31. The van der Waals surface area contributed by atoms with Crippen LogP contribution in [0.4, 0.5) is 30.4 Å². The number of alkyl halides is 3. The van der Waals surface area contributed by atoms with Crippen LogP contribution in [-0.4, -0.2) is 36.1 Å². The van der Waals surface area contributed by atoms with E-state index in [9.17, 15) is 13.2 Å². The van der Waals surface area contributed by atoms with Crippen LogP contribution in [0.2, 0.25) is 0 Å². The van der Waals surface area contributed by atoms with Crippen LogP contribution in [0.3, 0.4) is 0 Å². The van der Waals surface area contributed by atoms with E-state index in [2.05, 4.69) is 20.6 Å². The molecule has 1 aliphatic heterocycles. The van der Waals surface area contributed by atoms with Gasteiger partial charge in [0, 0.05) is 49.3 Å². The van der Waals surface area contributed by atoms with Gasteiger partial charge in [0.25, 0.3) is 0 Å². The molecule has 0 spiro atoms. The zero-order chi connectivity index (χ0) is 17.2. The molecular weight excluding hydrogens is 319 g/mol. The summed E-state index contributed by atoms with van der Waals surface area (Å²) in [6.07, 6.45) is -1.46. The highest BCUT2D eigenvalue weighted by Crippen LogP contribution is 2.38. The van der Waals surface area contributed by atoms with Crippen LogP contribution in [0.1, 0.15) is 11.1 Å². The van der Waals surface area contributed by atoms with Gasteiger partial charge in [-0.05, 0) is 25.1 Å². The molecule has 0 bridgehead atoms. The van der Waals surface area contributed by atoms with Crippen LogP contribution in [-0.2, 0) is 6.18 Å². The van der Waals surface area contributed by atoms with Gasteiger partial charge in [-0.1, -0.05) is 0 Å². The van der Waals surface area contributed by atoms with E-state index in [1.807, 2.05) is 0 Å². The lowest BCUT2D eigenvalue weighted by Crippen LogP contribution is -2.44. The molecule has 24 heavy (non-hydrogen) atoms. The standard InChI is InChI=1S/C16H18F3N5/c1-11-9-21-10-22-15(11)23-12-2-3-14(13(8-12)16(17,18)19)24-6-4-20-5-7-24/h2-3,8-10,20H,4-7H2,1H3,(H,21,22,23). The predicted molar refractivity (Wildman–Crippen MR) is 86.6 cm³/mol. The van der Waals surface area contributed by atoms with Crippen molar-refractivity contribution in [2.45, 2.75) is 13.1 Å². The topological polar surface area (TPSA) is 53.1 Å². The summed E-state index contributed by atoms with van der Waals surface area (Å²) in [6, 6.07) is 4.31. The van der Waals surface area contributed by atoms with E-state index in [1.54, 1.807) is 24.1 Å². The summed E-state index contributed by atoms with van der Waals surface area (Å²) in [7, 11) is 0. The molecule has 0 unspecified atom stereocenters. The fraction of sp³-hybridized carbons (Fsp3) is 0.375. The van der Waals surface area contributed by atoms with Crippen LogP contribution < -0.4 is 15.5 Å². The monoisotopic (exact) mass is 337 g/mol. The van der Waals surface area contributed by atoms with Crippen molar-refractivity contribution in [1.29, 1.82) is 0 Å². The first-order valence-electron chi connectivity index (χ1n) is 7.66. The smallest absolute Gasteiger partial charge is 0.368 e. The SMILES string of the molecule is Cc1cncnc1Nc1ccc(N2CCNCC2)c(C(F)(F)F)c1. The van der Waals surface area contributed by atoms with Crippen LogP contribution >= 0.6 is 0 Å². The normalized spacial score (nSPS) is 15.4. The second-order valence-corrected chi connectivity index (χ2v) is 5.65. The summed E-state index contributed by atoms with van der Waals surface area (Å²) in [5.74, 6) is 0.494. The summed E-state index contributed by atoms with van der Waals surface area (Å²) in [4.78, 5) is 9.69. The lowest BCUT2D eigenvalue weighted by atomic mass is 10.1. The van der Waals surface area contributed by atoms with Crippen molar-refractivity contribution < 1.29 is 13.2 Å². The summed E-state index contributed by atoms with van der Waals surface area (Å²) >= 11 is 0. The van der Waals surface area contributed by atoms with Gasteiger partial charge in [-0.25, -0.2) is 9.97 Å². The maximum absolute atomic E-state index is 13.5. The zero-order valence-electron chi connectivity index (χ0n) is 13.2. The van der Waals surface area contributed by atoms with Gasteiger partial charge in [-0.3, -0.25) is 0 Å². The molecule has 8 heteroatoms. The third-order valence-corrected chi connectivity index (χ3v) is 3.92. The molecule has 2 aromatic rings. The predicted octanol–water partition coefficient (Wildman–Crippen LogP) is 2.96. The number of benzene rings is 1. The number of nitrogens with one attached hydrogen (secondary N) is 2. The molecule has 1 fully saturated rings. The second-order valence-electron chi connectivity index (χ2n) is 5.65. The quantitative estimate of drug-likeness (QED) is 0.902. The minimum absolute atomic E-state index is 0.217. The van der Waals surface area contributed by atoms with Gasteiger partial charge in [0.2, 0.25) is 0 Å². The largest absolute Gasteiger partial charge is 0.418 e. The van der Waals surface area contributed by atoms with E-state index >= 15 is 0 Å². The van der Waals surface area contributed by atoms with E-state index in [0.29, 0.717) is 37.7 Å². The van der Waals surface area contributed by atoms with Crippen LogP contribution in [0.15, 0.2) is 30.7 Å². The van der Waals surface area contributed by atoms with Crippen molar-refractivity contribution >= 4 is 17.2 Å². The molecule has 2 heterocycles. The number of piperazine rings is 1. The first-order valence-corrected chi connectivity index (χ1v) is 7.66. The summed E-state index contributed by atoms with van der Waals surface area (Å²) in [5.41, 5.74) is 0.690. The Hall–Kier alpha value is -2.35. The van der Waals surface area contributed by atoms with Crippen molar-refractivity contribution in [3.63, 3.8) is 0 Å².